The van der Waals surface area contributed by atoms with Crippen molar-refractivity contribution in [3.05, 3.63) is 303 Å². The van der Waals surface area contributed by atoms with E-state index in [1.807, 2.05) is 0 Å². The van der Waals surface area contributed by atoms with Crippen molar-refractivity contribution in [3.63, 3.8) is 0 Å². The second kappa shape index (κ2) is 31.8. The lowest BCUT2D eigenvalue weighted by atomic mass is 9.33. The van der Waals surface area contributed by atoms with Crippen molar-refractivity contribution in [3.8, 4) is 55.9 Å². The van der Waals surface area contributed by atoms with Crippen molar-refractivity contribution in [1.29, 1.82) is 0 Å². The molecule has 4 heterocycles. The van der Waals surface area contributed by atoms with E-state index in [2.05, 4.69) is 519 Å². The molecular formula is C130H155BN4. The van der Waals surface area contributed by atoms with Gasteiger partial charge in [0.05, 0.1) is 33.4 Å². The molecule has 0 atom stereocenters. The molecule has 17 rings (SSSR count). The lowest BCUT2D eigenvalue weighted by Crippen LogP contribution is -2.61. The van der Waals surface area contributed by atoms with Gasteiger partial charge in [0.25, 0.3) is 6.71 Å². The van der Waals surface area contributed by atoms with Gasteiger partial charge in [-0.3, -0.25) is 0 Å². The van der Waals surface area contributed by atoms with E-state index in [9.17, 15) is 0 Å². The third-order valence-corrected chi connectivity index (χ3v) is 29.9. The Labute approximate surface area is 813 Å². The van der Waals surface area contributed by atoms with Crippen molar-refractivity contribution in [2.24, 2.45) is 0 Å². The average molecular weight is 1780 g/mol. The second-order valence-corrected chi connectivity index (χ2v) is 53.9. The van der Waals surface area contributed by atoms with Gasteiger partial charge in [-0.05, 0) is 291 Å². The molecule has 0 bridgehead atoms. The highest BCUT2D eigenvalue weighted by Crippen LogP contribution is 2.59. The van der Waals surface area contributed by atoms with Gasteiger partial charge in [-0.2, -0.15) is 0 Å². The van der Waals surface area contributed by atoms with E-state index in [-0.39, 0.29) is 71.7 Å². The Balaban J connectivity index is 1.13. The Morgan fingerprint density at radius 1 is 0.178 bits per heavy atom. The molecule has 0 unspecified atom stereocenters. The van der Waals surface area contributed by atoms with Gasteiger partial charge in [-0.25, -0.2) is 0 Å². The molecule has 0 fully saturated rings. The molecule has 698 valence electrons. The third-order valence-electron chi connectivity index (χ3n) is 29.9. The van der Waals surface area contributed by atoms with Crippen LogP contribution in [-0.2, 0) is 70.4 Å². The standard InChI is InChI=1S/C130H155BN4/c1-118(2,3)80-44-40-78(41-45-80)94-69-88(126(25,26)27)71-101(93-56-48-87(125(22,23)24)73-104(93)130(37,38)39)116(94)134-111-76-91(132-107-60-50-83(121(10,11)12)65-97(107)98-66-84(122(13,14)15)51-61-108(98)132)54-58-105(111)131-106-59-55-92(133-109-62-52-85(123(16,17)18)67-99(109)100-68-86(124(19,20)21)53-63-110(100)133)77-112(106)135(114-75-90(128(31,32)33)74-113(134)115(114)131)117-95(79-42-46-81(47-43-79)119(4,5)6)70-89(127(28,29)30)72-102(117)96-64-82(120(7,8)9)49-57-103(96)129(34,35)36/h40-77H,1-39H3. The van der Waals surface area contributed by atoms with Gasteiger partial charge in [0.1, 0.15) is 0 Å². The molecule has 15 aromatic rings. The minimum Gasteiger partial charge on any atom is -0.310 e. The zero-order valence-corrected chi connectivity index (χ0v) is 89.8. The number of hydrogen-bond acceptors (Lipinski definition) is 2. The molecule has 5 heteroatoms. The summed E-state index contributed by atoms with van der Waals surface area (Å²) < 4.78 is 5.24. The SMILES string of the molecule is CC(C)(C)c1ccc(-c2cc(C(C)(C)C)cc(-c3cc(C(C)(C)C)ccc3C(C)(C)C)c2N2c3cc(-n4c5ccc(C(C)(C)C)cc5c5cc(C(C)(C)C)ccc54)ccc3B3c4ccc(-n5c6ccc(C(C)(C)C)cc6c6cc(C(C)(C)C)ccc65)cc4N(c4c(-c5ccc(C(C)(C)C)cc5)cc(C(C)(C)C)cc4-c4ccc(C(C)(C)C)cc4C(C)(C)C)c4cc(C(C)(C)C)cc2c43)cc1. The van der Waals surface area contributed by atoms with E-state index in [4.69, 9.17) is 0 Å². The minimum absolute atomic E-state index is 0.0918. The summed E-state index contributed by atoms with van der Waals surface area (Å²) in [6, 6.07) is 95.4. The van der Waals surface area contributed by atoms with Crippen molar-refractivity contribution < 1.29 is 0 Å². The molecule has 2 aliphatic heterocycles. The predicted molar refractivity (Wildman–Crippen MR) is 594 cm³/mol. The molecule has 0 radical (unpaired) electrons. The van der Waals surface area contributed by atoms with Gasteiger partial charge in [0, 0.05) is 77.9 Å². The molecule has 0 spiro atoms. The van der Waals surface area contributed by atoms with E-state index in [0.717, 1.165) is 34.1 Å². The Kier molecular flexibility index (Phi) is 22.6. The van der Waals surface area contributed by atoms with Crippen LogP contribution in [-0.4, -0.2) is 15.8 Å². The van der Waals surface area contributed by atoms with E-state index in [1.54, 1.807) is 0 Å². The maximum atomic E-state index is 2.86. The summed E-state index contributed by atoms with van der Waals surface area (Å²) in [5.41, 5.74) is 41.8. The summed E-state index contributed by atoms with van der Waals surface area (Å²) in [4.78, 5) is 5.73. The monoisotopic (exact) mass is 1780 g/mol. The number of fused-ring (bicyclic) bond motifs is 10. The number of benzene rings is 13. The van der Waals surface area contributed by atoms with Gasteiger partial charge in [-0.15, -0.1) is 0 Å². The van der Waals surface area contributed by atoms with Gasteiger partial charge in [-0.1, -0.05) is 391 Å². The Morgan fingerprint density at radius 2 is 0.437 bits per heavy atom. The molecule has 2 aliphatic rings. The van der Waals surface area contributed by atoms with Crippen molar-refractivity contribution in [2.45, 2.75) is 340 Å². The van der Waals surface area contributed by atoms with Crippen LogP contribution >= 0.6 is 0 Å². The van der Waals surface area contributed by atoms with Crippen LogP contribution in [0.1, 0.15) is 342 Å². The van der Waals surface area contributed by atoms with E-state index in [1.165, 1.54) is 188 Å². The lowest BCUT2D eigenvalue weighted by molar-refractivity contribution is 0.569. The van der Waals surface area contributed by atoms with E-state index in [0.29, 0.717) is 0 Å². The number of hydrogen-bond donors (Lipinski definition) is 0. The van der Waals surface area contributed by atoms with Gasteiger partial charge in [0.2, 0.25) is 0 Å². The van der Waals surface area contributed by atoms with Crippen molar-refractivity contribution in [1.82, 2.24) is 9.13 Å². The molecule has 0 saturated carbocycles. The molecule has 0 aliphatic carbocycles. The summed E-state index contributed by atoms with van der Waals surface area (Å²) in [6.45, 7) is 93.0. The third kappa shape index (κ3) is 17.3. The zero-order chi connectivity index (χ0) is 98.4. The first kappa shape index (κ1) is 95.8. The molecule has 0 saturated heterocycles. The minimum atomic E-state index is -0.415. The molecule has 4 nitrogen and oxygen atoms in total. The molecular weight excluding hydrogens is 1630 g/mol. The van der Waals surface area contributed by atoms with Crippen LogP contribution in [0.25, 0.3) is 99.5 Å². The van der Waals surface area contributed by atoms with Crippen LogP contribution in [0.2, 0.25) is 0 Å². The fraction of sp³-hybridized carbons (Fsp3) is 0.400. The predicted octanol–water partition coefficient (Wildman–Crippen LogP) is 35.5. The Hall–Kier alpha value is -10.9. The maximum Gasteiger partial charge on any atom is 0.252 e. The highest BCUT2D eigenvalue weighted by Gasteiger charge is 2.48. The van der Waals surface area contributed by atoms with E-state index < -0.39 is 5.41 Å². The van der Waals surface area contributed by atoms with Gasteiger partial charge >= 0.3 is 0 Å². The summed E-state index contributed by atoms with van der Waals surface area (Å²) in [5.74, 6) is 0. The largest absolute Gasteiger partial charge is 0.310 e. The summed E-state index contributed by atoms with van der Waals surface area (Å²) >= 11 is 0. The first-order valence-corrected chi connectivity index (χ1v) is 50.3. The van der Waals surface area contributed by atoms with Crippen LogP contribution in [0.5, 0.6) is 0 Å². The quantitative estimate of drug-likeness (QED) is 0.141. The highest BCUT2D eigenvalue weighted by atomic mass is 15.2. The van der Waals surface area contributed by atoms with Crippen LogP contribution in [0.15, 0.2) is 231 Å². The fourth-order valence-corrected chi connectivity index (χ4v) is 21.1. The van der Waals surface area contributed by atoms with Crippen molar-refractivity contribution in [2.75, 3.05) is 9.80 Å². The zero-order valence-electron chi connectivity index (χ0n) is 89.8. The van der Waals surface area contributed by atoms with Crippen LogP contribution < -0.4 is 26.2 Å². The smallest absolute Gasteiger partial charge is 0.252 e. The number of anilines is 6. The Morgan fingerprint density at radius 3 is 0.748 bits per heavy atom. The molecule has 0 amide bonds. The fourth-order valence-electron chi connectivity index (χ4n) is 21.1. The maximum absolute atomic E-state index is 2.86. The number of nitrogens with zero attached hydrogens (tertiary/aromatic N) is 4. The van der Waals surface area contributed by atoms with Crippen LogP contribution in [0.3, 0.4) is 0 Å². The lowest BCUT2D eigenvalue weighted by Gasteiger charge is -2.47. The summed E-state index contributed by atoms with van der Waals surface area (Å²) in [5, 5.41) is 5.06. The van der Waals surface area contributed by atoms with Crippen LogP contribution in [0, 0.1) is 0 Å². The van der Waals surface area contributed by atoms with Gasteiger partial charge < -0.3 is 18.9 Å². The first-order valence-electron chi connectivity index (χ1n) is 50.3. The first-order chi connectivity index (χ1) is 62.1. The normalized spacial score (nSPS) is 14.1. The van der Waals surface area contributed by atoms with Crippen molar-refractivity contribution >= 4 is 101 Å². The molecule has 13 aromatic carbocycles. The van der Waals surface area contributed by atoms with Gasteiger partial charge in [0.15, 0.2) is 0 Å². The second-order valence-electron chi connectivity index (χ2n) is 53.9. The summed E-state index contributed by atoms with van der Waals surface area (Å²) in [6.07, 6.45) is 0. The number of rotatable bonds is 8. The highest BCUT2D eigenvalue weighted by molar-refractivity contribution is 7.00. The molecule has 135 heavy (non-hydrogen) atoms. The average Bonchev–Trinajstić information content (AvgIpc) is 1.08. The topological polar surface area (TPSA) is 16.3 Å². The van der Waals surface area contributed by atoms with E-state index >= 15 is 0 Å². The Bertz CT molecular complexity index is 7120. The molecule has 2 aromatic heterocycles. The summed E-state index contributed by atoms with van der Waals surface area (Å²) in [7, 11) is 0. The molecule has 0 N–H and O–H groups in total. The number of aromatic nitrogens is 2. The van der Waals surface area contributed by atoms with Crippen LogP contribution in [0.4, 0.5) is 34.1 Å².